The zero-order chi connectivity index (χ0) is 10.7. The van der Waals surface area contributed by atoms with Crippen molar-refractivity contribution >= 4 is 34.8 Å². The number of carbonyl (C=O) groups is 2. The summed E-state index contributed by atoms with van der Waals surface area (Å²) in [5.41, 5.74) is 0. The molecule has 0 aliphatic heterocycles. The van der Waals surface area contributed by atoms with Crippen molar-refractivity contribution in [1.29, 1.82) is 0 Å². The first-order valence-electron chi connectivity index (χ1n) is 4.93. The fourth-order valence-corrected chi connectivity index (χ4v) is 3.48. The van der Waals surface area contributed by atoms with Crippen molar-refractivity contribution in [3.63, 3.8) is 0 Å². The molecule has 2 bridgehead atoms. The molecule has 2 nitrogen and oxygen atoms in total. The van der Waals surface area contributed by atoms with E-state index in [-0.39, 0.29) is 45.3 Å². The van der Waals surface area contributed by atoms with Crippen LogP contribution < -0.4 is 0 Å². The van der Waals surface area contributed by atoms with Crippen molar-refractivity contribution in [3.05, 3.63) is 22.2 Å². The van der Waals surface area contributed by atoms with Crippen molar-refractivity contribution in [3.8, 4) is 0 Å². The van der Waals surface area contributed by atoms with Gasteiger partial charge < -0.3 is 0 Å². The molecule has 1 fully saturated rings. The Balaban J connectivity index is 2.13. The van der Waals surface area contributed by atoms with Crippen LogP contribution in [0.2, 0.25) is 0 Å². The average Bonchev–Trinajstić information content (AvgIpc) is 2.82. The molecule has 0 aromatic carbocycles. The Bertz CT molecular complexity index is 398. The third-order valence-corrected chi connectivity index (χ3v) is 4.54. The molecule has 78 valence electrons. The number of carbonyl (C=O) groups excluding carboxylic acids is 2. The topological polar surface area (TPSA) is 34.1 Å². The molecule has 1 saturated carbocycles. The number of Topliss-reactive ketones (excluding diaryl/α,β-unsaturated/α-hetero) is 2. The second-order valence-electron chi connectivity index (χ2n) is 4.36. The van der Waals surface area contributed by atoms with Gasteiger partial charge in [-0.2, -0.15) is 0 Å². The maximum Gasteiger partial charge on any atom is 0.180 e. The van der Waals surface area contributed by atoms with Crippen LogP contribution in [0.25, 0.3) is 0 Å². The number of ketones is 2. The molecule has 15 heavy (non-hydrogen) atoms. The zero-order valence-corrected chi connectivity index (χ0v) is 9.26. The third-order valence-electron chi connectivity index (χ3n) is 3.69. The van der Waals surface area contributed by atoms with E-state index in [9.17, 15) is 9.59 Å². The van der Waals surface area contributed by atoms with Crippen LogP contribution in [0.5, 0.6) is 0 Å². The molecule has 0 heterocycles. The van der Waals surface area contributed by atoms with Gasteiger partial charge >= 0.3 is 0 Å². The van der Waals surface area contributed by atoms with Crippen LogP contribution >= 0.6 is 23.2 Å². The normalized spacial score (nSPS) is 42.8. The SMILES string of the molecule is O=C1C(Cl)=C(Cl)C(=O)[C@H]2[C@H]1[C@H]1C=C[C@H]2C1. The van der Waals surface area contributed by atoms with E-state index in [0.717, 1.165) is 6.42 Å². The summed E-state index contributed by atoms with van der Waals surface area (Å²) in [5.74, 6) is -0.416. The van der Waals surface area contributed by atoms with Crippen LogP contribution in [0.4, 0.5) is 0 Å². The van der Waals surface area contributed by atoms with Gasteiger partial charge in [0.2, 0.25) is 0 Å². The third kappa shape index (κ3) is 1.07. The Hall–Kier alpha value is -0.600. The molecule has 0 radical (unpaired) electrons. The van der Waals surface area contributed by atoms with Gasteiger partial charge in [-0.25, -0.2) is 0 Å². The summed E-state index contributed by atoms with van der Waals surface area (Å²) >= 11 is 11.5. The summed E-state index contributed by atoms with van der Waals surface area (Å²) in [6, 6.07) is 0. The summed E-state index contributed by atoms with van der Waals surface area (Å²) in [7, 11) is 0. The second kappa shape index (κ2) is 2.96. The second-order valence-corrected chi connectivity index (χ2v) is 5.11. The molecule has 4 atom stereocenters. The summed E-state index contributed by atoms with van der Waals surface area (Å²) in [6.45, 7) is 0. The molecule has 0 unspecified atom stereocenters. The van der Waals surface area contributed by atoms with Crippen molar-refractivity contribution in [2.45, 2.75) is 6.42 Å². The number of rotatable bonds is 0. The van der Waals surface area contributed by atoms with E-state index in [4.69, 9.17) is 23.2 Å². The minimum absolute atomic E-state index is 0.0659. The van der Waals surface area contributed by atoms with Gasteiger partial charge in [-0.05, 0) is 18.3 Å². The van der Waals surface area contributed by atoms with Crippen LogP contribution in [0.15, 0.2) is 22.2 Å². The lowest BCUT2D eigenvalue weighted by molar-refractivity contribution is -0.130. The molecule has 0 amide bonds. The summed E-state index contributed by atoms with van der Waals surface area (Å²) in [4.78, 5) is 23.8. The molecule has 0 aromatic heterocycles. The standard InChI is InChI=1S/C11H8Cl2O2/c12-8-9(13)11(15)7-5-2-1-4(3-5)6(7)10(8)14/h1-2,4-7H,3H2/t4-,5-,6+,7+/m0/s1. The smallest absolute Gasteiger partial charge is 0.180 e. The Labute approximate surface area is 96.9 Å². The Morgan fingerprint density at radius 3 is 1.73 bits per heavy atom. The molecule has 3 aliphatic rings. The molecule has 3 aliphatic carbocycles. The minimum Gasteiger partial charge on any atom is -0.293 e. The highest BCUT2D eigenvalue weighted by Gasteiger charge is 2.55. The molecule has 0 N–H and O–H groups in total. The van der Waals surface area contributed by atoms with Gasteiger partial charge in [-0.1, -0.05) is 35.4 Å². The molecule has 0 saturated heterocycles. The van der Waals surface area contributed by atoms with Crippen LogP contribution in [0, 0.1) is 23.7 Å². The maximum absolute atomic E-state index is 11.9. The number of hydrogen-bond donors (Lipinski definition) is 0. The first kappa shape index (κ1) is 9.61. The van der Waals surface area contributed by atoms with Gasteiger partial charge in [0.1, 0.15) is 10.1 Å². The predicted molar refractivity (Wildman–Crippen MR) is 56.5 cm³/mol. The number of allylic oxidation sites excluding steroid dienone is 4. The summed E-state index contributed by atoms with van der Waals surface area (Å²) in [6.07, 6.45) is 4.95. The molecule has 0 spiro atoms. The molecule has 0 aromatic rings. The van der Waals surface area contributed by atoms with Gasteiger partial charge in [0, 0.05) is 11.8 Å². The van der Waals surface area contributed by atoms with E-state index in [2.05, 4.69) is 0 Å². The maximum atomic E-state index is 11.9. The number of hydrogen-bond acceptors (Lipinski definition) is 2. The summed E-state index contributed by atoms with van der Waals surface area (Å²) < 4.78 is 0. The van der Waals surface area contributed by atoms with Gasteiger partial charge in [0.25, 0.3) is 0 Å². The van der Waals surface area contributed by atoms with Crippen molar-refractivity contribution in [2.75, 3.05) is 0 Å². The van der Waals surface area contributed by atoms with Gasteiger partial charge in [0.05, 0.1) is 0 Å². The largest absolute Gasteiger partial charge is 0.293 e. The van der Waals surface area contributed by atoms with Gasteiger partial charge in [-0.3, -0.25) is 9.59 Å². The monoisotopic (exact) mass is 242 g/mol. The number of fused-ring (bicyclic) bond motifs is 5. The first-order valence-corrected chi connectivity index (χ1v) is 5.69. The van der Waals surface area contributed by atoms with Crippen molar-refractivity contribution in [1.82, 2.24) is 0 Å². The Morgan fingerprint density at radius 1 is 0.933 bits per heavy atom. The number of halogens is 2. The van der Waals surface area contributed by atoms with E-state index in [0.29, 0.717) is 0 Å². The van der Waals surface area contributed by atoms with E-state index in [1.165, 1.54) is 0 Å². The average molecular weight is 243 g/mol. The highest BCUT2D eigenvalue weighted by Crippen LogP contribution is 2.53. The highest BCUT2D eigenvalue weighted by molar-refractivity contribution is 6.56. The lowest BCUT2D eigenvalue weighted by Gasteiger charge is -2.29. The van der Waals surface area contributed by atoms with Crippen LogP contribution in [0.1, 0.15) is 6.42 Å². The zero-order valence-electron chi connectivity index (χ0n) is 7.74. The van der Waals surface area contributed by atoms with Crippen LogP contribution in [-0.4, -0.2) is 11.6 Å². The molecule has 4 heteroatoms. The van der Waals surface area contributed by atoms with Crippen molar-refractivity contribution < 1.29 is 9.59 Å². The van der Waals surface area contributed by atoms with E-state index in [1.54, 1.807) is 0 Å². The van der Waals surface area contributed by atoms with Crippen molar-refractivity contribution in [2.24, 2.45) is 23.7 Å². The Morgan fingerprint density at radius 2 is 1.33 bits per heavy atom. The first-order chi connectivity index (χ1) is 7.11. The van der Waals surface area contributed by atoms with E-state index >= 15 is 0 Å². The summed E-state index contributed by atoms with van der Waals surface area (Å²) in [5, 5.41) is -0.132. The predicted octanol–water partition coefficient (Wildman–Crippen LogP) is 2.27. The molecule has 3 rings (SSSR count). The van der Waals surface area contributed by atoms with E-state index < -0.39 is 0 Å². The van der Waals surface area contributed by atoms with Gasteiger partial charge in [0.15, 0.2) is 11.6 Å². The highest BCUT2D eigenvalue weighted by atomic mass is 35.5. The Kier molecular flexibility index (Phi) is 1.89. The lowest BCUT2D eigenvalue weighted by Crippen LogP contribution is -2.37. The fraction of sp³-hybridized carbons (Fsp3) is 0.455. The quantitative estimate of drug-likeness (QED) is 0.611. The van der Waals surface area contributed by atoms with Crippen LogP contribution in [-0.2, 0) is 9.59 Å². The molecular weight excluding hydrogens is 235 g/mol. The lowest BCUT2D eigenvalue weighted by atomic mass is 9.74. The van der Waals surface area contributed by atoms with Gasteiger partial charge in [-0.15, -0.1) is 0 Å². The fourth-order valence-electron chi connectivity index (χ4n) is 3.05. The van der Waals surface area contributed by atoms with E-state index in [1.807, 2.05) is 12.2 Å². The minimum atomic E-state index is -0.248. The molecular formula is C11H8Cl2O2. The van der Waals surface area contributed by atoms with Crippen LogP contribution in [0.3, 0.4) is 0 Å².